The highest BCUT2D eigenvalue weighted by atomic mass is 15.1. The molecule has 1 atom stereocenters. The maximum atomic E-state index is 5.82. The standard InChI is InChI=1S/C12H20N4/c1-16-5-2-9(7-16)10-6-14-11(15-10)12(8-13)3-4-12/h6,9H,2-5,7-8,13H2,1H3,(H,14,15). The van der Waals surface area contributed by atoms with Crippen molar-refractivity contribution in [1.29, 1.82) is 0 Å². The SMILES string of the molecule is CN1CCC(c2cnc(C3(CN)CC3)[nH]2)C1. The van der Waals surface area contributed by atoms with Crippen molar-refractivity contribution in [3.63, 3.8) is 0 Å². The number of aromatic amines is 1. The minimum atomic E-state index is 0.197. The van der Waals surface area contributed by atoms with Crippen molar-refractivity contribution in [1.82, 2.24) is 14.9 Å². The predicted octanol–water partition coefficient (Wildman–Crippen LogP) is 0.819. The van der Waals surface area contributed by atoms with Crippen LogP contribution in [0.1, 0.15) is 36.7 Å². The Labute approximate surface area is 96.2 Å². The summed E-state index contributed by atoms with van der Waals surface area (Å²) in [6.45, 7) is 3.07. The molecule has 2 aliphatic rings. The first kappa shape index (κ1) is 10.3. The van der Waals surface area contributed by atoms with Crippen molar-refractivity contribution in [2.24, 2.45) is 5.73 Å². The Morgan fingerprint density at radius 3 is 3.00 bits per heavy atom. The monoisotopic (exact) mass is 220 g/mol. The van der Waals surface area contributed by atoms with E-state index in [1.54, 1.807) is 0 Å². The van der Waals surface area contributed by atoms with Crippen LogP contribution in [0.3, 0.4) is 0 Å². The van der Waals surface area contributed by atoms with E-state index in [2.05, 4.69) is 21.9 Å². The zero-order chi connectivity index (χ0) is 11.2. The second kappa shape index (κ2) is 3.57. The summed E-state index contributed by atoms with van der Waals surface area (Å²) in [5, 5.41) is 0. The number of nitrogens with zero attached hydrogens (tertiary/aromatic N) is 2. The summed E-state index contributed by atoms with van der Waals surface area (Å²) >= 11 is 0. The van der Waals surface area contributed by atoms with E-state index in [1.165, 1.54) is 31.5 Å². The quantitative estimate of drug-likeness (QED) is 0.793. The van der Waals surface area contributed by atoms with Gasteiger partial charge in [-0.2, -0.15) is 0 Å². The van der Waals surface area contributed by atoms with Crippen LogP contribution in [0.25, 0.3) is 0 Å². The lowest BCUT2D eigenvalue weighted by Gasteiger charge is -2.10. The number of hydrogen-bond donors (Lipinski definition) is 2. The van der Waals surface area contributed by atoms with Gasteiger partial charge in [0.1, 0.15) is 5.82 Å². The maximum Gasteiger partial charge on any atom is 0.113 e. The molecule has 1 aliphatic carbocycles. The van der Waals surface area contributed by atoms with Crippen LogP contribution >= 0.6 is 0 Å². The molecule has 4 heteroatoms. The largest absolute Gasteiger partial charge is 0.345 e. The first-order valence-corrected chi connectivity index (χ1v) is 6.17. The Morgan fingerprint density at radius 1 is 1.62 bits per heavy atom. The number of likely N-dealkylation sites (N-methyl/N-ethyl adjacent to an activating group) is 1. The smallest absolute Gasteiger partial charge is 0.113 e. The Kier molecular flexibility index (Phi) is 2.30. The minimum Gasteiger partial charge on any atom is -0.345 e. The van der Waals surface area contributed by atoms with E-state index in [-0.39, 0.29) is 5.41 Å². The molecule has 4 nitrogen and oxygen atoms in total. The van der Waals surface area contributed by atoms with E-state index < -0.39 is 0 Å². The number of nitrogens with two attached hydrogens (primary N) is 1. The van der Waals surface area contributed by atoms with Gasteiger partial charge in [0.15, 0.2) is 0 Å². The number of likely N-dealkylation sites (tertiary alicyclic amines) is 1. The van der Waals surface area contributed by atoms with Crippen LogP contribution in [-0.2, 0) is 5.41 Å². The molecule has 1 saturated carbocycles. The number of nitrogens with one attached hydrogen (secondary N) is 1. The summed E-state index contributed by atoms with van der Waals surface area (Å²) < 4.78 is 0. The zero-order valence-corrected chi connectivity index (χ0v) is 9.87. The highest BCUT2D eigenvalue weighted by Crippen LogP contribution is 2.46. The lowest BCUT2D eigenvalue weighted by molar-refractivity contribution is 0.411. The molecule has 3 rings (SSSR count). The van der Waals surface area contributed by atoms with Crippen LogP contribution in [0.15, 0.2) is 6.20 Å². The summed E-state index contributed by atoms with van der Waals surface area (Å²) in [6, 6.07) is 0. The van der Waals surface area contributed by atoms with E-state index in [9.17, 15) is 0 Å². The van der Waals surface area contributed by atoms with E-state index in [1.807, 2.05) is 6.20 Å². The number of aromatic nitrogens is 2. The summed E-state index contributed by atoms with van der Waals surface area (Å²) in [5.74, 6) is 1.76. The van der Waals surface area contributed by atoms with E-state index in [4.69, 9.17) is 5.73 Å². The van der Waals surface area contributed by atoms with Gasteiger partial charge >= 0.3 is 0 Å². The molecule has 1 aliphatic heterocycles. The first-order chi connectivity index (χ1) is 7.73. The molecule has 0 aromatic carbocycles. The second-order valence-corrected chi connectivity index (χ2v) is 5.42. The van der Waals surface area contributed by atoms with Gasteiger partial charge in [0.05, 0.1) is 0 Å². The predicted molar refractivity (Wildman–Crippen MR) is 63.4 cm³/mol. The lowest BCUT2D eigenvalue weighted by atomic mass is 10.1. The van der Waals surface area contributed by atoms with Crippen molar-refractivity contribution in [3.05, 3.63) is 17.7 Å². The van der Waals surface area contributed by atoms with Crippen LogP contribution in [0.4, 0.5) is 0 Å². The average molecular weight is 220 g/mol. The van der Waals surface area contributed by atoms with Crippen molar-refractivity contribution < 1.29 is 0 Å². The van der Waals surface area contributed by atoms with Crippen LogP contribution in [0.2, 0.25) is 0 Å². The molecular weight excluding hydrogens is 200 g/mol. The highest BCUT2D eigenvalue weighted by molar-refractivity contribution is 5.22. The summed E-state index contributed by atoms with van der Waals surface area (Å²) in [6.07, 6.45) is 5.66. The maximum absolute atomic E-state index is 5.82. The molecular formula is C12H20N4. The van der Waals surface area contributed by atoms with Crippen LogP contribution < -0.4 is 5.73 Å². The fourth-order valence-electron chi connectivity index (χ4n) is 2.69. The van der Waals surface area contributed by atoms with Gasteiger partial charge in [-0.05, 0) is 32.9 Å². The van der Waals surface area contributed by atoms with E-state index in [0.717, 1.165) is 18.9 Å². The third-order valence-corrected chi connectivity index (χ3v) is 4.17. The molecule has 1 unspecified atom stereocenters. The van der Waals surface area contributed by atoms with Gasteiger partial charge in [-0.3, -0.25) is 0 Å². The molecule has 0 bridgehead atoms. The second-order valence-electron chi connectivity index (χ2n) is 5.42. The minimum absolute atomic E-state index is 0.197. The number of rotatable bonds is 3. The average Bonchev–Trinajstić information content (AvgIpc) is 2.74. The van der Waals surface area contributed by atoms with Crippen molar-refractivity contribution in [3.8, 4) is 0 Å². The number of imidazole rings is 1. The third kappa shape index (κ3) is 1.57. The molecule has 1 aromatic rings. The molecule has 1 saturated heterocycles. The Balaban J connectivity index is 1.78. The molecule has 16 heavy (non-hydrogen) atoms. The number of hydrogen-bond acceptors (Lipinski definition) is 3. The van der Waals surface area contributed by atoms with Crippen molar-refractivity contribution in [2.75, 3.05) is 26.7 Å². The van der Waals surface area contributed by atoms with E-state index in [0.29, 0.717) is 5.92 Å². The van der Waals surface area contributed by atoms with Crippen molar-refractivity contribution in [2.45, 2.75) is 30.6 Å². The Bertz CT molecular complexity index is 380. The van der Waals surface area contributed by atoms with Gasteiger partial charge < -0.3 is 15.6 Å². The molecule has 2 fully saturated rings. The van der Waals surface area contributed by atoms with Gasteiger partial charge in [-0.15, -0.1) is 0 Å². The van der Waals surface area contributed by atoms with Gasteiger partial charge in [0.25, 0.3) is 0 Å². The molecule has 0 amide bonds. The topological polar surface area (TPSA) is 57.9 Å². The normalized spacial score (nSPS) is 28.5. The first-order valence-electron chi connectivity index (χ1n) is 6.17. The molecule has 0 radical (unpaired) electrons. The fourth-order valence-corrected chi connectivity index (χ4v) is 2.69. The molecule has 0 spiro atoms. The lowest BCUT2D eigenvalue weighted by Crippen LogP contribution is -2.21. The zero-order valence-electron chi connectivity index (χ0n) is 9.87. The number of H-pyrrole nitrogens is 1. The molecule has 2 heterocycles. The van der Waals surface area contributed by atoms with E-state index >= 15 is 0 Å². The Hall–Kier alpha value is -0.870. The van der Waals surface area contributed by atoms with Crippen molar-refractivity contribution >= 4 is 0 Å². The molecule has 3 N–H and O–H groups in total. The summed E-state index contributed by atoms with van der Waals surface area (Å²) in [5.41, 5.74) is 7.32. The molecule has 1 aromatic heterocycles. The summed E-state index contributed by atoms with van der Waals surface area (Å²) in [4.78, 5) is 10.4. The third-order valence-electron chi connectivity index (χ3n) is 4.17. The van der Waals surface area contributed by atoms with Gasteiger partial charge in [-0.25, -0.2) is 4.98 Å². The summed E-state index contributed by atoms with van der Waals surface area (Å²) in [7, 11) is 2.18. The van der Waals surface area contributed by atoms with Crippen LogP contribution in [0, 0.1) is 0 Å². The fraction of sp³-hybridized carbons (Fsp3) is 0.750. The van der Waals surface area contributed by atoms with Crippen LogP contribution in [-0.4, -0.2) is 41.5 Å². The molecule has 88 valence electrons. The van der Waals surface area contributed by atoms with Gasteiger partial charge in [0.2, 0.25) is 0 Å². The van der Waals surface area contributed by atoms with Gasteiger partial charge in [-0.1, -0.05) is 0 Å². The Morgan fingerprint density at radius 2 is 2.44 bits per heavy atom. The van der Waals surface area contributed by atoms with Crippen LogP contribution in [0.5, 0.6) is 0 Å². The highest BCUT2D eigenvalue weighted by Gasteiger charge is 2.45. The van der Waals surface area contributed by atoms with Gasteiger partial charge in [0, 0.05) is 36.3 Å².